The van der Waals surface area contributed by atoms with Crippen molar-refractivity contribution in [3.63, 3.8) is 0 Å². The third kappa shape index (κ3) is 3.02. The van der Waals surface area contributed by atoms with Crippen molar-refractivity contribution in [1.82, 2.24) is 20.4 Å². The first-order valence-corrected chi connectivity index (χ1v) is 6.85. The molecule has 0 atom stereocenters. The number of aromatic nitrogens is 4. The minimum Gasteiger partial charge on any atom is -0.383 e. The summed E-state index contributed by atoms with van der Waals surface area (Å²) in [5.41, 5.74) is 12.3. The van der Waals surface area contributed by atoms with Crippen LogP contribution < -0.4 is 22.6 Å². The van der Waals surface area contributed by atoms with Gasteiger partial charge in [0.15, 0.2) is 0 Å². The van der Waals surface area contributed by atoms with Crippen LogP contribution in [0.1, 0.15) is 11.1 Å². The maximum absolute atomic E-state index is 11.5. The Labute approximate surface area is 134 Å². The van der Waals surface area contributed by atoms with Gasteiger partial charge in [-0.05, 0) is 24.3 Å². The highest BCUT2D eigenvalue weighted by molar-refractivity contribution is 5.88. The zero-order valence-corrected chi connectivity index (χ0v) is 12.3. The maximum Gasteiger partial charge on any atom is 0.274 e. The minimum absolute atomic E-state index is 0.222. The molecule has 1 aromatic carbocycles. The normalized spacial score (nSPS) is 11.7. The Morgan fingerprint density at radius 1 is 0.708 bits per heavy atom. The molecule has 2 aromatic heterocycles. The van der Waals surface area contributed by atoms with Gasteiger partial charge in [-0.3, -0.25) is 40.0 Å². The summed E-state index contributed by atoms with van der Waals surface area (Å²) in [6.07, 6.45) is 2.76. The average Bonchev–Trinajstić information content (AvgIpc) is 3.07. The van der Waals surface area contributed by atoms with E-state index in [1.54, 1.807) is 24.3 Å². The Kier molecular flexibility index (Phi) is 3.85. The Morgan fingerprint density at radius 2 is 1.08 bits per heavy atom. The Bertz CT molecular complexity index is 933. The summed E-state index contributed by atoms with van der Waals surface area (Å²) >= 11 is 0. The summed E-state index contributed by atoms with van der Waals surface area (Å²) in [5.74, 6) is 0.443. The number of anilines is 2. The Hall–Kier alpha value is -3.82. The van der Waals surface area contributed by atoms with Crippen LogP contribution >= 0.6 is 0 Å². The maximum atomic E-state index is 11.5. The molecule has 3 rings (SSSR count). The van der Waals surface area contributed by atoms with E-state index in [0.29, 0.717) is 11.4 Å². The number of rotatable bonds is 4. The van der Waals surface area contributed by atoms with E-state index in [0.717, 1.165) is 0 Å². The van der Waals surface area contributed by atoms with E-state index in [2.05, 4.69) is 30.4 Å². The molecule has 24 heavy (non-hydrogen) atoms. The van der Waals surface area contributed by atoms with Crippen LogP contribution in [0.15, 0.2) is 43.8 Å². The summed E-state index contributed by atoms with van der Waals surface area (Å²) in [4.78, 5) is 31.2. The molecule has 10 nitrogen and oxygen atoms in total. The molecule has 122 valence electrons. The van der Waals surface area contributed by atoms with Crippen molar-refractivity contribution in [2.24, 2.45) is 9.98 Å². The predicted molar refractivity (Wildman–Crippen MR) is 92.6 cm³/mol. The molecule has 0 aliphatic heterocycles. The van der Waals surface area contributed by atoms with Crippen LogP contribution in [-0.4, -0.2) is 32.8 Å². The van der Waals surface area contributed by atoms with Crippen molar-refractivity contribution >= 4 is 35.4 Å². The van der Waals surface area contributed by atoms with Gasteiger partial charge in [0.05, 0.1) is 11.4 Å². The molecule has 0 unspecified atom stereocenters. The Balaban J connectivity index is 1.76. The third-order valence-electron chi connectivity index (χ3n) is 3.23. The van der Waals surface area contributed by atoms with Crippen LogP contribution in [0, 0.1) is 0 Å². The average molecular weight is 326 g/mol. The number of benzene rings is 1. The second kappa shape index (κ2) is 6.12. The summed E-state index contributed by atoms with van der Waals surface area (Å²) < 4.78 is 0. The smallest absolute Gasteiger partial charge is 0.274 e. The molecule has 0 saturated heterocycles. The highest BCUT2D eigenvalue weighted by atomic mass is 16.1. The van der Waals surface area contributed by atoms with Crippen LogP contribution in [0.5, 0.6) is 0 Å². The molecular weight excluding hydrogens is 312 g/mol. The van der Waals surface area contributed by atoms with Crippen LogP contribution in [0.4, 0.5) is 23.0 Å². The number of hydrogen-bond donors (Lipinski definition) is 6. The molecular formula is C14H14N8O2. The van der Waals surface area contributed by atoms with E-state index in [-0.39, 0.29) is 33.9 Å². The number of nitrogens with zero attached hydrogens (tertiary/aromatic N) is 2. The summed E-state index contributed by atoms with van der Waals surface area (Å²) in [6, 6.07) is 6.85. The topological polar surface area (TPSA) is 174 Å². The highest BCUT2D eigenvalue weighted by Gasteiger charge is 2.04. The van der Waals surface area contributed by atoms with E-state index in [1.165, 1.54) is 12.4 Å². The van der Waals surface area contributed by atoms with Gasteiger partial charge in [0.2, 0.25) is 0 Å². The Morgan fingerprint density at radius 3 is 1.38 bits per heavy atom. The largest absolute Gasteiger partial charge is 0.383 e. The molecule has 0 aliphatic carbocycles. The van der Waals surface area contributed by atoms with Gasteiger partial charge in [-0.2, -0.15) is 0 Å². The lowest BCUT2D eigenvalue weighted by molar-refractivity contribution is 1.06. The lowest BCUT2D eigenvalue weighted by Crippen LogP contribution is -2.05. The fourth-order valence-corrected chi connectivity index (χ4v) is 1.92. The highest BCUT2D eigenvalue weighted by Crippen LogP contribution is 2.18. The molecule has 8 N–H and O–H groups in total. The molecule has 0 radical (unpaired) electrons. The van der Waals surface area contributed by atoms with Gasteiger partial charge in [-0.25, -0.2) is 0 Å². The van der Waals surface area contributed by atoms with Crippen molar-refractivity contribution in [3.05, 3.63) is 56.1 Å². The zero-order chi connectivity index (χ0) is 17.1. The molecule has 0 saturated carbocycles. The number of nitrogen functional groups attached to an aromatic ring is 2. The first kappa shape index (κ1) is 15.1. The van der Waals surface area contributed by atoms with Gasteiger partial charge in [0, 0.05) is 12.4 Å². The van der Waals surface area contributed by atoms with Gasteiger partial charge in [0.1, 0.15) is 22.8 Å². The fourth-order valence-electron chi connectivity index (χ4n) is 1.92. The predicted octanol–water partition coefficient (Wildman–Crippen LogP) is 0.385. The molecule has 0 aliphatic rings. The van der Waals surface area contributed by atoms with Gasteiger partial charge in [-0.1, -0.05) is 0 Å². The van der Waals surface area contributed by atoms with E-state index in [4.69, 9.17) is 11.5 Å². The number of nitrogens with two attached hydrogens (primary N) is 2. The van der Waals surface area contributed by atoms with Crippen LogP contribution in [0.2, 0.25) is 0 Å². The number of H-pyrrole nitrogens is 4. The van der Waals surface area contributed by atoms with E-state index in [1.807, 2.05) is 0 Å². The quantitative estimate of drug-likeness (QED) is 0.380. The molecule has 2 heterocycles. The second-order valence-electron chi connectivity index (χ2n) is 4.85. The lowest BCUT2D eigenvalue weighted by Gasteiger charge is -1.95. The van der Waals surface area contributed by atoms with Gasteiger partial charge < -0.3 is 11.5 Å². The number of aliphatic imine (C=N–C) groups is 2. The molecule has 0 spiro atoms. The lowest BCUT2D eigenvalue weighted by atomic mass is 10.3. The van der Waals surface area contributed by atoms with Crippen LogP contribution in [0.3, 0.4) is 0 Å². The molecule has 0 fully saturated rings. The zero-order valence-electron chi connectivity index (χ0n) is 12.3. The van der Waals surface area contributed by atoms with Crippen molar-refractivity contribution in [3.8, 4) is 0 Å². The van der Waals surface area contributed by atoms with E-state index < -0.39 is 0 Å². The molecule has 0 amide bonds. The van der Waals surface area contributed by atoms with Crippen LogP contribution in [-0.2, 0) is 0 Å². The van der Waals surface area contributed by atoms with Crippen molar-refractivity contribution < 1.29 is 0 Å². The summed E-state index contributed by atoms with van der Waals surface area (Å²) in [6.45, 7) is 0. The standard InChI is InChI=1S/C14H14N8O2/c15-11-9(13(23)21-19-11)5-17-7-1-2-8(4-3-7)18-6-10-12(16)20-22-14(10)24/h1-6H,(H4,15,19,21,23)(H4,16,20,22,24). The number of hydrogen-bond acceptors (Lipinski definition) is 6. The molecule has 10 heteroatoms. The van der Waals surface area contributed by atoms with E-state index >= 15 is 0 Å². The van der Waals surface area contributed by atoms with Gasteiger partial charge >= 0.3 is 0 Å². The van der Waals surface area contributed by atoms with Crippen molar-refractivity contribution in [1.29, 1.82) is 0 Å². The van der Waals surface area contributed by atoms with Gasteiger partial charge in [-0.15, -0.1) is 0 Å². The SMILES string of the molecule is Nc1[nH][nH]c(=O)c1C=Nc1ccc(N=Cc2c(N)[nH][nH]c2=O)cc1. The fraction of sp³-hybridized carbons (Fsp3) is 0. The van der Waals surface area contributed by atoms with Crippen molar-refractivity contribution in [2.45, 2.75) is 0 Å². The first-order chi connectivity index (χ1) is 11.5. The first-order valence-electron chi connectivity index (χ1n) is 6.85. The minimum atomic E-state index is -0.341. The monoisotopic (exact) mass is 326 g/mol. The van der Waals surface area contributed by atoms with E-state index in [9.17, 15) is 9.59 Å². The summed E-state index contributed by atoms with van der Waals surface area (Å²) in [7, 11) is 0. The molecule has 3 aromatic rings. The second-order valence-corrected chi connectivity index (χ2v) is 4.85. The van der Waals surface area contributed by atoms with Gasteiger partial charge in [0.25, 0.3) is 11.1 Å². The number of nitrogens with one attached hydrogen (secondary N) is 4. The molecule has 0 bridgehead atoms. The van der Waals surface area contributed by atoms with Crippen LogP contribution in [0.25, 0.3) is 0 Å². The number of aromatic amines is 4. The van der Waals surface area contributed by atoms with Crippen molar-refractivity contribution in [2.75, 3.05) is 11.5 Å². The third-order valence-corrected chi connectivity index (χ3v) is 3.23. The summed E-state index contributed by atoms with van der Waals surface area (Å²) in [5, 5.41) is 9.75.